The molecule has 3 nitrogen and oxygen atoms in total. The van der Waals surface area contributed by atoms with Crippen LogP contribution in [-0.4, -0.2) is 22.9 Å². The van der Waals surface area contributed by atoms with Gasteiger partial charge in [0.1, 0.15) is 12.4 Å². The molecule has 84 valence electrons. The predicted octanol–water partition coefficient (Wildman–Crippen LogP) is 2.15. The van der Waals surface area contributed by atoms with E-state index in [2.05, 4.69) is 0 Å². The molecule has 0 radical (unpaired) electrons. The van der Waals surface area contributed by atoms with Gasteiger partial charge in [-0.2, -0.15) is 0 Å². The lowest BCUT2D eigenvalue weighted by Crippen LogP contribution is -2.14. The highest BCUT2D eigenvalue weighted by atomic mass is 35.5. The standard InChI is InChI=1S/C11H15ClO3/c1-7(13)6-15-11-4-3-9(12)5-10(11)8(2)14/h3-5,7-8,13-14H,6H2,1-2H3/t7?,8-/m0/s1. The highest BCUT2D eigenvalue weighted by molar-refractivity contribution is 6.30. The molecule has 4 heteroatoms. The molecule has 0 aliphatic carbocycles. The van der Waals surface area contributed by atoms with E-state index in [-0.39, 0.29) is 6.61 Å². The first-order valence-corrected chi connectivity index (χ1v) is 5.17. The first kappa shape index (κ1) is 12.3. The third kappa shape index (κ3) is 3.70. The fourth-order valence-corrected chi connectivity index (χ4v) is 1.37. The number of halogens is 1. The summed E-state index contributed by atoms with van der Waals surface area (Å²) >= 11 is 5.81. The molecule has 0 saturated carbocycles. The minimum absolute atomic E-state index is 0.196. The van der Waals surface area contributed by atoms with E-state index >= 15 is 0 Å². The van der Waals surface area contributed by atoms with Crippen molar-refractivity contribution in [2.24, 2.45) is 0 Å². The van der Waals surface area contributed by atoms with E-state index in [4.69, 9.17) is 21.4 Å². The van der Waals surface area contributed by atoms with Gasteiger partial charge in [0.25, 0.3) is 0 Å². The van der Waals surface area contributed by atoms with Gasteiger partial charge in [-0.15, -0.1) is 0 Å². The van der Waals surface area contributed by atoms with Crippen LogP contribution >= 0.6 is 11.6 Å². The first-order chi connectivity index (χ1) is 7.00. The maximum Gasteiger partial charge on any atom is 0.125 e. The van der Waals surface area contributed by atoms with Crippen LogP contribution in [0.5, 0.6) is 5.75 Å². The molecule has 0 aliphatic rings. The second kappa shape index (κ2) is 5.35. The van der Waals surface area contributed by atoms with Gasteiger partial charge in [0.15, 0.2) is 0 Å². The van der Waals surface area contributed by atoms with Gasteiger partial charge in [-0.3, -0.25) is 0 Å². The van der Waals surface area contributed by atoms with Crippen molar-refractivity contribution in [2.75, 3.05) is 6.61 Å². The largest absolute Gasteiger partial charge is 0.491 e. The zero-order chi connectivity index (χ0) is 11.4. The van der Waals surface area contributed by atoms with Crippen molar-refractivity contribution in [1.82, 2.24) is 0 Å². The molecule has 1 aromatic carbocycles. The summed E-state index contributed by atoms with van der Waals surface area (Å²) in [5.41, 5.74) is 0.628. The van der Waals surface area contributed by atoms with Gasteiger partial charge in [-0.05, 0) is 32.0 Å². The summed E-state index contributed by atoms with van der Waals surface area (Å²) < 4.78 is 5.35. The zero-order valence-electron chi connectivity index (χ0n) is 8.77. The van der Waals surface area contributed by atoms with Crippen molar-refractivity contribution in [3.05, 3.63) is 28.8 Å². The molecule has 0 aliphatic heterocycles. The SMILES string of the molecule is CC(O)COc1ccc(Cl)cc1[C@H](C)O. The van der Waals surface area contributed by atoms with Crippen LogP contribution in [0, 0.1) is 0 Å². The smallest absolute Gasteiger partial charge is 0.125 e. The van der Waals surface area contributed by atoms with Gasteiger partial charge in [0.2, 0.25) is 0 Å². The molecular weight excluding hydrogens is 216 g/mol. The van der Waals surface area contributed by atoms with Crippen molar-refractivity contribution in [3.8, 4) is 5.75 Å². The number of benzene rings is 1. The minimum atomic E-state index is -0.646. The van der Waals surface area contributed by atoms with Crippen molar-refractivity contribution in [3.63, 3.8) is 0 Å². The molecule has 2 atom stereocenters. The van der Waals surface area contributed by atoms with Crippen LogP contribution in [0.3, 0.4) is 0 Å². The predicted molar refractivity (Wildman–Crippen MR) is 59.3 cm³/mol. The monoisotopic (exact) mass is 230 g/mol. The summed E-state index contributed by atoms with van der Waals surface area (Å²) in [4.78, 5) is 0. The number of aliphatic hydroxyl groups excluding tert-OH is 2. The summed E-state index contributed by atoms with van der Waals surface area (Å²) in [6, 6.07) is 5.03. The second-order valence-corrected chi connectivity index (χ2v) is 3.95. The Labute approximate surface area is 94.3 Å². The van der Waals surface area contributed by atoms with Crippen LogP contribution in [0.25, 0.3) is 0 Å². The van der Waals surface area contributed by atoms with Gasteiger partial charge < -0.3 is 14.9 Å². The maximum atomic E-state index is 9.49. The van der Waals surface area contributed by atoms with Gasteiger partial charge in [-0.1, -0.05) is 11.6 Å². The minimum Gasteiger partial charge on any atom is -0.491 e. The Morgan fingerprint density at radius 1 is 1.33 bits per heavy atom. The number of hydrogen-bond acceptors (Lipinski definition) is 3. The quantitative estimate of drug-likeness (QED) is 0.834. The molecular formula is C11H15ClO3. The fourth-order valence-electron chi connectivity index (χ4n) is 1.19. The Morgan fingerprint density at radius 2 is 2.00 bits per heavy atom. The fraction of sp³-hybridized carbons (Fsp3) is 0.455. The molecule has 0 fully saturated rings. The molecule has 0 amide bonds. The molecule has 0 saturated heterocycles. The molecule has 0 heterocycles. The number of ether oxygens (including phenoxy) is 1. The van der Waals surface area contributed by atoms with E-state index in [1.165, 1.54) is 0 Å². The average Bonchev–Trinajstić information content (AvgIpc) is 2.15. The zero-order valence-corrected chi connectivity index (χ0v) is 9.53. The van der Waals surface area contributed by atoms with Crippen molar-refractivity contribution >= 4 is 11.6 Å². The molecule has 2 N–H and O–H groups in total. The van der Waals surface area contributed by atoms with E-state index in [0.717, 1.165) is 0 Å². The third-order valence-electron chi connectivity index (χ3n) is 1.90. The average molecular weight is 231 g/mol. The first-order valence-electron chi connectivity index (χ1n) is 4.79. The van der Waals surface area contributed by atoms with Crippen molar-refractivity contribution in [1.29, 1.82) is 0 Å². The normalized spacial score (nSPS) is 14.7. The van der Waals surface area contributed by atoms with Crippen LogP contribution in [0.1, 0.15) is 25.5 Å². The molecule has 1 aromatic rings. The van der Waals surface area contributed by atoms with Crippen LogP contribution in [0.2, 0.25) is 5.02 Å². The second-order valence-electron chi connectivity index (χ2n) is 3.52. The topological polar surface area (TPSA) is 49.7 Å². The molecule has 15 heavy (non-hydrogen) atoms. The summed E-state index contributed by atoms with van der Waals surface area (Å²) in [5, 5.41) is 19.1. The Bertz CT molecular complexity index is 324. The lowest BCUT2D eigenvalue weighted by molar-refractivity contribution is 0.118. The van der Waals surface area contributed by atoms with E-state index in [9.17, 15) is 5.11 Å². The van der Waals surface area contributed by atoms with E-state index in [1.54, 1.807) is 32.0 Å². The summed E-state index contributed by atoms with van der Waals surface area (Å²) in [5.74, 6) is 0.551. The number of hydrogen-bond donors (Lipinski definition) is 2. The highest BCUT2D eigenvalue weighted by Crippen LogP contribution is 2.28. The Hall–Kier alpha value is -0.770. The van der Waals surface area contributed by atoms with E-state index in [0.29, 0.717) is 16.3 Å². The number of rotatable bonds is 4. The molecule has 0 bridgehead atoms. The van der Waals surface area contributed by atoms with Crippen molar-refractivity contribution in [2.45, 2.75) is 26.1 Å². The van der Waals surface area contributed by atoms with Gasteiger partial charge in [0.05, 0.1) is 12.2 Å². The molecule has 0 spiro atoms. The van der Waals surface area contributed by atoms with Crippen LogP contribution in [0.15, 0.2) is 18.2 Å². The van der Waals surface area contributed by atoms with Crippen molar-refractivity contribution < 1.29 is 14.9 Å². The number of aliphatic hydroxyl groups is 2. The highest BCUT2D eigenvalue weighted by Gasteiger charge is 2.10. The Balaban J connectivity index is 2.86. The third-order valence-corrected chi connectivity index (χ3v) is 2.14. The summed E-state index contributed by atoms with van der Waals surface area (Å²) in [7, 11) is 0. The molecule has 0 aromatic heterocycles. The van der Waals surface area contributed by atoms with Crippen LogP contribution < -0.4 is 4.74 Å². The lowest BCUT2D eigenvalue weighted by Gasteiger charge is -2.14. The van der Waals surface area contributed by atoms with E-state index < -0.39 is 12.2 Å². The van der Waals surface area contributed by atoms with Gasteiger partial charge >= 0.3 is 0 Å². The maximum absolute atomic E-state index is 9.49. The molecule has 1 unspecified atom stereocenters. The van der Waals surface area contributed by atoms with Gasteiger partial charge in [0, 0.05) is 10.6 Å². The lowest BCUT2D eigenvalue weighted by atomic mass is 10.1. The Kier molecular flexibility index (Phi) is 4.39. The van der Waals surface area contributed by atoms with Crippen LogP contribution in [0.4, 0.5) is 0 Å². The summed E-state index contributed by atoms with van der Waals surface area (Å²) in [6.45, 7) is 3.47. The van der Waals surface area contributed by atoms with Gasteiger partial charge in [-0.25, -0.2) is 0 Å². The summed E-state index contributed by atoms with van der Waals surface area (Å²) in [6.07, 6.45) is -1.18. The molecule has 1 rings (SSSR count). The Morgan fingerprint density at radius 3 is 2.53 bits per heavy atom. The van der Waals surface area contributed by atoms with E-state index in [1.807, 2.05) is 0 Å². The van der Waals surface area contributed by atoms with Crippen LogP contribution in [-0.2, 0) is 0 Å².